The number of carbonyl (C=O) groups excluding carboxylic acids is 1. The number of halogens is 1. The van der Waals surface area contributed by atoms with Gasteiger partial charge in [0.25, 0.3) is 0 Å². The first kappa shape index (κ1) is 26.1. The quantitative estimate of drug-likeness (QED) is 0.314. The number of nitrogens with one attached hydrogen (secondary N) is 4. The van der Waals surface area contributed by atoms with E-state index >= 15 is 0 Å². The monoisotopic (exact) mass is 536 g/mol. The number of nitrogens with zero attached hydrogens (tertiary/aromatic N) is 4. The summed E-state index contributed by atoms with van der Waals surface area (Å²) >= 11 is 6.25. The summed E-state index contributed by atoms with van der Waals surface area (Å²) in [5.41, 5.74) is 2.92. The fourth-order valence-electron chi connectivity index (χ4n) is 4.62. The van der Waals surface area contributed by atoms with Gasteiger partial charge in [0.05, 0.1) is 18.9 Å². The van der Waals surface area contributed by atoms with Crippen molar-refractivity contribution in [1.29, 1.82) is 0 Å². The maximum Gasteiger partial charge on any atom is 0.247 e. The van der Waals surface area contributed by atoms with Crippen LogP contribution < -0.4 is 20.9 Å². The minimum Gasteiger partial charge on any atom is -0.381 e. The van der Waals surface area contributed by atoms with Crippen LogP contribution in [0.1, 0.15) is 35.7 Å². The van der Waals surface area contributed by atoms with Crippen LogP contribution in [0.4, 0.5) is 11.8 Å². The first-order valence-electron chi connectivity index (χ1n) is 12.9. The minimum absolute atomic E-state index is 0.150. The van der Waals surface area contributed by atoms with E-state index in [2.05, 4.69) is 30.9 Å². The smallest absolute Gasteiger partial charge is 0.247 e. The van der Waals surface area contributed by atoms with Crippen LogP contribution in [0, 0.1) is 6.92 Å². The number of carbonyl (C=O) groups is 1. The molecule has 2 aliphatic rings. The number of aliphatic imine (C=N–C) groups is 1. The number of aromatic amines is 1. The SMILES string of the molecule is Cc1cnc(NC2CCOCC2)nc1N1C=NC(C(=O)N[C@H](CNCc2ccc[nH]2)c2cccc(Cl)c2)C1. The third-order valence-electron chi connectivity index (χ3n) is 6.72. The Bertz CT molecular complexity index is 1250. The Labute approximate surface area is 227 Å². The number of anilines is 2. The number of H-pyrrole nitrogens is 1. The molecule has 0 aliphatic carbocycles. The van der Waals surface area contributed by atoms with Gasteiger partial charge in [0.2, 0.25) is 11.9 Å². The zero-order chi connectivity index (χ0) is 26.3. The molecule has 4 N–H and O–H groups in total. The molecule has 1 fully saturated rings. The molecule has 2 aromatic heterocycles. The van der Waals surface area contributed by atoms with E-state index in [9.17, 15) is 4.79 Å². The predicted molar refractivity (Wildman–Crippen MR) is 149 cm³/mol. The normalized spacial score (nSPS) is 18.5. The highest BCUT2D eigenvalue weighted by atomic mass is 35.5. The summed E-state index contributed by atoms with van der Waals surface area (Å²) in [6.45, 7) is 5.04. The summed E-state index contributed by atoms with van der Waals surface area (Å²) in [5.74, 6) is 1.17. The summed E-state index contributed by atoms with van der Waals surface area (Å²) in [4.78, 5) is 32.1. The van der Waals surface area contributed by atoms with Crippen molar-refractivity contribution in [3.8, 4) is 0 Å². The summed E-state index contributed by atoms with van der Waals surface area (Å²) in [6.07, 6.45) is 7.23. The zero-order valence-corrected chi connectivity index (χ0v) is 22.1. The molecule has 0 radical (unpaired) electrons. The number of hydrogen-bond donors (Lipinski definition) is 4. The molecule has 2 aliphatic heterocycles. The van der Waals surface area contributed by atoms with Crippen LogP contribution in [0.5, 0.6) is 0 Å². The molecule has 0 spiro atoms. The van der Waals surface area contributed by atoms with Gasteiger partial charge in [0.15, 0.2) is 0 Å². The second kappa shape index (κ2) is 12.4. The molecule has 4 heterocycles. The van der Waals surface area contributed by atoms with Crippen molar-refractivity contribution >= 4 is 35.6 Å². The summed E-state index contributed by atoms with van der Waals surface area (Å²) in [7, 11) is 0. The second-order valence-corrected chi connectivity index (χ2v) is 10.0. The largest absolute Gasteiger partial charge is 0.381 e. The number of rotatable bonds is 10. The first-order chi connectivity index (χ1) is 18.5. The average molecular weight is 537 g/mol. The predicted octanol–water partition coefficient (Wildman–Crippen LogP) is 3.22. The van der Waals surface area contributed by atoms with E-state index < -0.39 is 6.04 Å². The van der Waals surface area contributed by atoms with Crippen molar-refractivity contribution < 1.29 is 9.53 Å². The van der Waals surface area contributed by atoms with Crippen molar-refractivity contribution in [2.45, 2.75) is 44.4 Å². The molecule has 0 saturated carbocycles. The van der Waals surface area contributed by atoms with Crippen LogP contribution in [0.3, 0.4) is 0 Å². The molecule has 38 heavy (non-hydrogen) atoms. The van der Waals surface area contributed by atoms with Gasteiger partial charge < -0.3 is 30.6 Å². The second-order valence-electron chi connectivity index (χ2n) is 9.61. The molecule has 3 aromatic rings. The number of hydrogen-bond acceptors (Lipinski definition) is 8. The number of aromatic nitrogens is 3. The maximum atomic E-state index is 13.3. The Hall–Kier alpha value is -3.47. The molecule has 1 saturated heterocycles. The topological polar surface area (TPSA) is 120 Å². The van der Waals surface area contributed by atoms with Gasteiger partial charge in [-0.2, -0.15) is 4.98 Å². The van der Waals surface area contributed by atoms with E-state index in [-0.39, 0.29) is 11.9 Å². The minimum atomic E-state index is -0.554. The molecule has 11 heteroatoms. The van der Waals surface area contributed by atoms with Crippen LogP contribution in [-0.2, 0) is 16.1 Å². The van der Waals surface area contributed by atoms with Gasteiger partial charge in [-0.05, 0) is 49.6 Å². The van der Waals surface area contributed by atoms with Crippen molar-refractivity contribution in [2.75, 3.05) is 36.5 Å². The van der Waals surface area contributed by atoms with Crippen molar-refractivity contribution in [3.63, 3.8) is 0 Å². The van der Waals surface area contributed by atoms with E-state index in [0.29, 0.717) is 36.6 Å². The van der Waals surface area contributed by atoms with Crippen LogP contribution >= 0.6 is 11.6 Å². The lowest BCUT2D eigenvalue weighted by Crippen LogP contribution is -2.42. The van der Waals surface area contributed by atoms with E-state index in [1.807, 2.05) is 54.4 Å². The van der Waals surface area contributed by atoms with E-state index in [1.54, 1.807) is 12.5 Å². The molecule has 1 unspecified atom stereocenters. The standard InChI is InChI=1S/C27H33ClN8O2/c1-18-13-31-27(33-21-7-10-38-11-8-21)35-25(18)36-16-24(32-17-36)26(37)34-23(19-4-2-5-20(28)12-19)15-29-14-22-6-3-9-30-22/h2-6,9,12-13,17,21,23-24,29-30H,7-8,10-11,14-16H2,1H3,(H,34,37)(H,31,33,35)/t23-,24?/m1/s1. The molecule has 0 bridgehead atoms. The number of amides is 1. The van der Waals surface area contributed by atoms with Crippen molar-refractivity contribution in [1.82, 2.24) is 25.6 Å². The first-order valence-corrected chi connectivity index (χ1v) is 13.3. The number of benzene rings is 1. The third kappa shape index (κ3) is 6.69. The van der Waals surface area contributed by atoms with Gasteiger partial charge in [-0.1, -0.05) is 23.7 Å². The van der Waals surface area contributed by atoms with Gasteiger partial charge >= 0.3 is 0 Å². The molecule has 1 amide bonds. The zero-order valence-electron chi connectivity index (χ0n) is 21.4. The lowest BCUT2D eigenvalue weighted by Gasteiger charge is -2.24. The van der Waals surface area contributed by atoms with Gasteiger partial charge in [-0.25, -0.2) is 4.98 Å². The van der Waals surface area contributed by atoms with E-state index in [4.69, 9.17) is 21.3 Å². The van der Waals surface area contributed by atoms with Gasteiger partial charge in [0.1, 0.15) is 11.9 Å². The Morgan fingerprint density at radius 2 is 2.13 bits per heavy atom. The molecule has 200 valence electrons. The lowest BCUT2D eigenvalue weighted by molar-refractivity contribution is -0.122. The lowest BCUT2D eigenvalue weighted by atomic mass is 10.1. The molecule has 2 atom stereocenters. The highest BCUT2D eigenvalue weighted by Gasteiger charge is 2.29. The molecule has 5 rings (SSSR count). The molecule has 1 aromatic carbocycles. The van der Waals surface area contributed by atoms with E-state index in [0.717, 1.165) is 48.7 Å². The maximum absolute atomic E-state index is 13.3. The van der Waals surface area contributed by atoms with Crippen LogP contribution in [-0.4, -0.2) is 65.6 Å². The number of aryl methyl sites for hydroxylation is 1. The fourth-order valence-corrected chi connectivity index (χ4v) is 4.82. The van der Waals surface area contributed by atoms with Crippen LogP contribution in [0.25, 0.3) is 0 Å². The van der Waals surface area contributed by atoms with Crippen LogP contribution in [0.15, 0.2) is 53.8 Å². The third-order valence-corrected chi connectivity index (χ3v) is 6.96. The summed E-state index contributed by atoms with van der Waals surface area (Å²) < 4.78 is 5.44. The van der Waals surface area contributed by atoms with Gasteiger partial charge in [-0.3, -0.25) is 9.79 Å². The van der Waals surface area contributed by atoms with Crippen molar-refractivity contribution in [2.24, 2.45) is 4.99 Å². The van der Waals surface area contributed by atoms with Gasteiger partial charge in [-0.15, -0.1) is 0 Å². The average Bonchev–Trinajstić information content (AvgIpc) is 3.63. The summed E-state index contributed by atoms with van der Waals surface area (Å²) in [6, 6.07) is 11.0. The van der Waals surface area contributed by atoms with Crippen LogP contribution in [0.2, 0.25) is 5.02 Å². The Kier molecular flexibility index (Phi) is 8.52. The molecule has 10 nitrogen and oxygen atoms in total. The molecular weight excluding hydrogens is 504 g/mol. The van der Waals surface area contributed by atoms with Gasteiger partial charge in [0, 0.05) is 61.0 Å². The Morgan fingerprint density at radius 1 is 1.26 bits per heavy atom. The number of ether oxygens (including phenoxy) is 1. The van der Waals surface area contributed by atoms with E-state index in [1.165, 1.54) is 0 Å². The Morgan fingerprint density at radius 3 is 2.92 bits per heavy atom. The highest BCUT2D eigenvalue weighted by molar-refractivity contribution is 6.30. The van der Waals surface area contributed by atoms with Crippen molar-refractivity contribution in [3.05, 3.63) is 70.6 Å². The Balaban J connectivity index is 1.22. The highest BCUT2D eigenvalue weighted by Crippen LogP contribution is 2.23. The summed E-state index contributed by atoms with van der Waals surface area (Å²) in [5, 5.41) is 10.6. The molecular formula is C27H33ClN8O2. The fraction of sp³-hybridized carbons (Fsp3) is 0.407.